The Hall–Kier alpha value is -2.51. The number of likely N-dealkylation sites (N-methyl/N-ethyl adjacent to an activating group) is 1. The molecule has 4 rings (SSSR count). The van der Waals surface area contributed by atoms with Crippen LogP contribution in [-0.2, 0) is 17.6 Å². The fourth-order valence-corrected chi connectivity index (χ4v) is 4.62. The van der Waals surface area contributed by atoms with Gasteiger partial charge in [-0.1, -0.05) is 30.3 Å². The van der Waals surface area contributed by atoms with Gasteiger partial charge in [0, 0.05) is 49.8 Å². The van der Waals surface area contributed by atoms with Gasteiger partial charge in [-0.2, -0.15) is 4.98 Å². The van der Waals surface area contributed by atoms with Crippen molar-refractivity contribution in [1.29, 1.82) is 0 Å². The third-order valence-corrected chi connectivity index (χ3v) is 6.67. The van der Waals surface area contributed by atoms with Crippen LogP contribution in [-0.4, -0.2) is 79.1 Å². The maximum absolute atomic E-state index is 12.8. The van der Waals surface area contributed by atoms with E-state index in [1.807, 2.05) is 30.3 Å². The second-order valence-corrected chi connectivity index (χ2v) is 8.91. The molecule has 2 aromatic rings. The maximum Gasteiger partial charge on any atom is 0.223 e. The Morgan fingerprint density at radius 2 is 1.84 bits per heavy atom. The highest BCUT2D eigenvalue weighted by molar-refractivity contribution is 5.78. The number of aromatic nitrogens is 2. The number of hydrogen-bond acceptors (Lipinski definition) is 6. The Bertz CT molecular complexity index is 897. The lowest BCUT2D eigenvalue weighted by atomic mass is 9.99. The average Bonchev–Trinajstić information content (AvgIpc) is 3.05. The molecule has 1 fully saturated rings. The number of aryl methyl sites for hydroxylation is 1. The molecule has 1 aliphatic heterocycles. The van der Waals surface area contributed by atoms with Gasteiger partial charge in [0.15, 0.2) is 5.82 Å². The second kappa shape index (κ2) is 10.9. The van der Waals surface area contributed by atoms with Crippen LogP contribution in [0.4, 0.5) is 0 Å². The molecule has 1 aromatic carbocycles. The van der Waals surface area contributed by atoms with E-state index in [1.54, 1.807) is 7.11 Å². The molecule has 0 bridgehead atoms. The van der Waals surface area contributed by atoms with E-state index in [0.717, 1.165) is 88.2 Å². The van der Waals surface area contributed by atoms with Crippen LogP contribution >= 0.6 is 0 Å². The maximum atomic E-state index is 12.8. The number of nitrogens with one attached hydrogen (secondary N) is 1. The first kappa shape index (κ1) is 22.7. The number of hydrogen-bond donors (Lipinski definition) is 1. The minimum Gasteiger partial charge on any atom is -0.481 e. The minimum absolute atomic E-state index is 0.0118. The van der Waals surface area contributed by atoms with Crippen molar-refractivity contribution in [2.45, 2.75) is 32.1 Å². The number of nitrogens with zero attached hydrogens (tertiary/aromatic N) is 4. The zero-order valence-corrected chi connectivity index (χ0v) is 19.3. The monoisotopic (exact) mass is 437 g/mol. The van der Waals surface area contributed by atoms with Gasteiger partial charge in [-0.05, 0) is 45.7 Å². The number of carbonyl (C=O) groups is 1. The lowest BCUT2D eigenvalue weighted by Crippen LogP contribution is -2.45. The first-order valence-electron chi connectivity index (χ1n) is 11.8. The van der Waals surface area contributed by atoms with E-state index in [2.05, 4.69) is 27.1 Å². The van der Waals surface area contributed by atoms with Gasteiger partial charge in [0.1, 0.15) is 0 Å². The highest BCUT2D eigenvalue weighted by Crippen LogP contribution is 2.31. The van der Waals surface area contributed by atoms with E-state index in [-0.39, 0.29) is 11.8 Å². The normalized spacial score (nSPS) is 19.8. The fourth-order valence-electron chi connectivity index (χ4n) is 4.62. The Morgan fingerprint density at radius 3 is 2.59 bits per heavy atom. The molecule has 2 heterocycles. The van der Waals surface area contributed by atoms with E-state index in [9.17, 15) is 4.79 Å². The van der Waals surface area contributed by atoms with E-state index in [1.165, 1.54) is 0 Å². The zero-order valence-electron chi connectivity index (χ0n) is 19.3. The molecule has 7 nitrogen and oxygen atoms in total. The van der Waals surface area contributed by atoms with Crippen molar-refractivity contribution in [1.82, 2.24) is 25.1 Å². The van der Waals surface area contributed by atoms with Gasteiger partial charge in [0.2, 0.25) is 11.8 Å². The van der Waals surface area contributed by atoms with Gasteiger partial charge in [-0.25, -0.2) is 4.98 Å². The third-order valence-electron chi connectivity index (χ3n) is 6.67. The number of ether oxygens (including phenoxy) is 1. The number of carbonyl (C=O) groups excluding carboxylic acids is 1. The number of fused-ring (bicyclic) bond motifs is 1. The lowest BCUT2D eigenvalue weighted by molar-refractivity contribution is -0.125. The molecule has 1 unspecified atom stereocenters. The Kier molecular flexibility index (Phi) is 7.71. The Balaban J connectivity index is 1.31. The molecule has 0 spiro atoms. The van der Waals surface area contributed by atoms with Crippen LogP contribution in [0.5, 0.6) is 5.88 Å². The molecule has 0 radical (unpaired) electrons. The summed E-state index contributed by atoms with van der Waals surface area (Å²) in [7, 11) is 3.83. The van der Waals surface area contributed by atoms with Gasteiger partial charge < -0.3 is 19.9 Å². The molecule has 7 heteroatoms. The Labute approximate surface area is 191 Å². The van der Waals surface area contributed by atoms with Crippen molar-refractivity contribution in [2.24, 2.45) is 5.92 Å². The minimum atomic E-state index is 0.0118. The van der Waals surface area contributed by atoms with Gasteiger partial charge >= 0.3 is 0 Å². The van der Waals surface area contributed by atoms with Crippen LogP contribution < -0.4 is 10.1 Å². The highest BCUT2D eigenvalue weighted by Gasteiger charge is 2.26. The topological polar surface area (TPSA) is 70.6 Å². The number of amides is 1. The molecule has 0 saturated carbocycles. The van der Waals surface area contributed by atoms with Gasteiger partial charge in [-0.15, -0.1) is 0 Å². The largest absolute Gasteiger partial charge is 0.481 e. The molecule has 1 saturated heterocycles. The summed E-state index contributed by atoms with van der Waals surface area (Å²) >= 11 is 0. The molecule has 1 amide bonds. The number of methoxy groups -OCH3 is 1. The second-order valence-electron chi connectivity index (χ2n) is 8.91. The summed E-state index contributed by atoms with van der Waals surface area (Å²) in [6.07, 6.45) is 4.16. The van der Waals surface area contributed by atoms with Gasteiger partial charge in [0.05, 0.1) is 12.8 Å². The van der Waals surface area contributed by atoms with E-state index < -0.39 is 0 Å². The van der Waals surface area contributed by atoms with Crippen LogP contribution in [0.25, 0.3) is 11.4 Å². The van der Waals surface area contributed by atoms with Crippen LogP contribution in [0.2, 0.25) is 0 Å². The molecular formula is C25H35N5O2. The van der Waals surface area contributed by atoms with Crippen LogP contribution in [0.15, 0.2) is 30.3 Å². The summed E-state index contributed by atoms with van der Waals surface area (Å²) in [5, 5.41) is 3.18. The van der Waals surface area contributed by atoms with E-state index in [0.29, 0.717) is 11.7 Å². The summed E-state index contributed by atoms with van der Waals surface area (Å²) in [4.78, 5) is 27.2. The van der Waals surface area contributed by atoms with Gasteiger partial charge in [0.25, 0.3) is 0 Å². The Morgan fingerprint density at radius 1 is 1.09 bits per heavy atom. The van der Waals surface area contributed by atoms with Crippen molar-refractivity contribution in [2.75, 3.05) is 53.4 Å². The summed E-state index contributed by atoms with van der Waals surface area (Å²) < 4.78 is 5.61. The summed E-state index contributed by atoms with van der Waals surface area (Å²) in [6, 6.07) is 9.98. The van der Waals surface area contributed by atoms with E-state index in [4.69, 9.17) is 9.72 Å². The quantitative estimate of drug-likeness (QED) is 0.530. The highest BCUT2D eigenvalue weighted by atomic mass is 16.5. The molecule has 1 aliphatic carbocycles. The predicted octanol–water partition coefficient (Wildman–Crippen LogP) is 2.40. The molecule has 2 aliphatic rings. The van der Waals surface area contributed by atoms with E-state index >= 15 is 0 Å². The first-order chi connectivity index (χ1) is 15.6. The molecular weight excluding hydrogens is 402 g/mol. The first-order valence-corrected chi connectivity index (χ1v) is 11.8. The molecule has 1 N–H and O–H groups in total. The molecule has 1 aromatic heterocycles. The summed E-state index contributed by atoms with van der Waals surface area (Å²) in [6.45, 7) is 6.31. The number of rotatable bonds is 7. The SMILES string of the molecule is COc1nc(-c2ccccc2)nc2c1CCC(C(=O)NCCCN1CCN(C)CC1)CC2. The van der Waals surface area contributed by atoms with Crippen molar-refractivity contribution in [3.63, 3.8) is 0 Å². The molecule has 32 heavy (non-hydrogen) atoms. The smallest absolute Gasteiger partial charge is 0.223 e. The van der Waals surface area contributed by atoms with Crippen LogP contribution in [0, 0.1) is 5.92 Å². The van der Waals surface area contributed by atoms with Gasteiger partial charge in [-0.3, -0.25) is 4.79 Å². The van der Waals surface area contributed by atoms with Crippen molar-refractivity contribution in [3.05, 3.63) is 41.6 Å². The average molecular weight is 438 g/mol. The van der Waals surface area contributed by atoms with Crippen molar-refractivity contribution >= 4 is 5.91 Å². The predicted molar refractivity (Wildman–Crippen MR) is 126 cm³/mol. The summed E-state index contributed by atoms with van der Waals surface area (Å²) in [5.41, 5.74) is 3.05. The van der Waals surface area contributed by atoms with Crippen molar-refractivity contribution < 1.29 is 9.53 Å². The lowest BCUT2D eigenvalue weighted by Gasteiger charge is -2.32. The fraction of sp³-hybridized carbons (Fsp3) is 0.560. The zero-order chi connectivity index (χ0) is 22.3. The van der Waals surface area contributed by atoms with Crippen LogP contribution in [0.3, 0.4) is 0 Å². The number of piperazine rings is 1. The molecule has 1 atom stereocenters. The summed E-state index contributed by atoms with van der Waals surface area (Å²) in [5.74, 6) is 1.51. The third kappa shape index (κ3) is 5.64. The molecule has 172 valence electrons. The standard InChI is InChI=1S/C25H35N5O2/c1-29-15-17-30(18-16-29)14-6-13-26-24(31)20-9-11-21-22(12-10-20)27-23(28-25(21)32-2)19-7-4-3-5-8-19/h3-5,7-8,20H,6,9-18H2,1-2H3,(H,26,31). The van der Waals surface area contributed by atoms with Crippen LogP contribution in [0.1, 0.15) is 30.5 Å². The van der Waals surface area contributed by atoms with Crippen molar-refractivity contribution in [3.8, 4) is 17.3 Å². The number of benzene rings is 1.